The SMILES string of the molecule is CC(CCC(C)(C)C)NC(=O)CNC(=O)CN. The number of amides is 2. The summed E-state index contributed by atoms with van der Waals surface area (Å²) in [7, 11) is 0. The zero-order valence-electron chi connectivity index (χ0n) is 11.3. The van der Waals surface area contributed by atoms with Crippen LogP contribution in [0.4, 0.5) is 0 Å². The monoisotopic (exact) mass is 243 g/mol. The van der Waals surface area contributed by atoms with Crippen molar-refractivity contribution in [2.24, 2.45) is 11.1 Å². The van der Waals surface area contributed by atoms with E-state index in [2.05, 4.69) is 31.4 Å². The van der Waals surface area contributed by atoms with Crippen LogP contribution in [0.15, 0.2) is 0 Å². The van der Waals surface area contributed by atoms with Gasteiger partial charge in [-0.15, -0.1) is 0 Å². The number of rotatable bonds is 6. The molecule has 100 valence electrons. The van der Waals surface area contributed by atoms with Gasteiger partial charge in [-0.1, -0.05) is 20.8 Å². The Labute approximate surface area is 104 Å². The van der Waals surface area contributed by atoms with E-state index in [0.717, 1.165) is 12.8 Å². The molecule has 0 saturated carbocycles. The van der Waals surface area contributed by atoms with Crippen LogP contribution < -0.4 is 16.4 Å². The van der Waals surface area contributed by atoms with Gasteiger partial charge in [0.05, 0.1) is 13.1 Å². The van der Waals surface area contributed by atoms with Crippen molar-refractivity contribution in [2.75, 3.05) is 13.1 Å². The number of nitrogens with one attached hydrogen (secondary N) is 2. The van der Waals surface area contributed by atoms with E-state index in [1.165, 1.54) is 0 Å². The van der Waals surface area contributed by atoms with Crippen molar-refractivity contribution < 1.29 is 9.59 Å². The summed E-state index contributed by atoms with van der Waals surface area (Å²) < 4.78 is 0. The first-order chi connectivity index (χ1) is 7.74. The van der Waals surface area contributed by atoms with Gasteiger partial charge >= 0.3 is 0 Å². The van der Waals surface area contributed by atoms with Gasteiger partial charge in [-0.25, -0.2) is 0 Å². The number of hydrogen-bond donors (Lipinski definition) is 3. The van der Waals surface area contributed by atoms with Crippen molar-refractivity contribution in [1.29, 1.82) is 0 Å². The Bertz CT molecular complexity index is 259. The summed E-state index contributed by atoms with van der Waals surface area (Å²) in [6.07, 6.45) is 1.98. The molecule has 0 heterocycles. The number of nitrogens with two attached hydrogens (primary N) is 1. The van der Waals surface area contributed by atoms with Crippen molar-refractivity contribution in [2.45, 2.75) is 46.6 Å². The van der Waals surface area contributed by atoms with Gasteiger partial charge in [-0.2, -0.15) is 0 Å². The summed E-state index contributed by atoms with van der Waals surface area (Å²) in [6, 6.07) is 0.122. The second kappa shape index (κ2) is 7.27. The maximum Gasteiger partial charge on any atom is 0.239 e. The molecule has 0 aromatic carbocycles. The van der Waals surface area contributed by atoms with Gasteiger partial charge in [0.2, 0.25) is 11.8 Å². The van der Waals surface area contributed by atoms with Crippen LogP contribution in [0.5, 0.6) is 0 Å². The maximum atomic E-state index is 11.4. The van der Waals surface area contributed by atoms with Crippen molar-refractivity contribution in [1.82, 2.24) is 10.6 Å². The highest BCUT2D eigenvalue weighted by Gasteiger charge is 2.14. The normalized spacial score (nSPS) is 13.0. The molecule has 5 heteroatoms. The average Bonchev–Trinajstić information content (AvgIpc) is 2.22. The summed E-state index contributed by atoms with van der Waals surface area (Å²) in [5.74, 6) is -0.490. The van der Waals surface area contributed by atoms with E-state index in [1.54, 1.807) is 0 Å². The Morgan fingerprint density at radius 2 is 1.82 bits per heavy atom. The molecule has 0 saturated heterocycles. The Morgan fingerprint density at radius 3 is 2.29 bits per heavy atom. The number of hydrogen-bond acceptors (Lipinski definition) is 3. The topological polar surface area (TPSA) is 84.2 Å². The van der Waals surface area contributed by atoms with Crippen LogP contribution in [0, 0.1) is 5.41 Å². The van der Waals surface area contributed by atoms with Crippen molar-refractivity contribution in [3.8, 4) is 0 Å². The highest BCUT2D eigenvalue weighted by atomic mass is 16.2. The summed E-state index contributed by atoms with van der Waals surface area (Å²) >= 11 is 0. The van der Waals surface area contributed by atoms with Crippen molar-refractivity contribution in [3.63, 3.8) is 0 Å². The lowest BCUT2D eigenvalue weighted by atomic mass is 9.89. The third-order valence-electron chi connectivity index (χ3n) is 2.37. The molecule has 4 N–H and O–H groups in total. The largest absolute Gasteiger partial charge is 0.352 e. The molecule has 0 fully saturated rings. The molecule has 0 aromatic heterocycles. The van der Waals surface area contributed by atoms with Gasteiger partial charge in [0.1, 0.15) is 0 Å². The predicted molar refractivity (Wildman–Crippen MR) is 68.4 cm³/mol. The maximum absolute atomic E-state index is 11.4. The second-order valence-corrected chi connectivity index (χ2v) is 5.55. The highest BCUT2D eigenvalue weighted by Crippen LogP contribution is 2.21. The van der Waals surface area contributed by atoms with Gasteiger partial charge < -0.3 is 16.4 Å². The third kappa shape index (κ3) is 9.81. The molecule has 0 aliphatic carbocycles. The van der Waals surface area contributed by atoms with Crippen LogP contribution in [-0.2, 0) is 9.59 Å². The smallest absolute Gasteiger partial charge is 0.239 e. The standard InChI is InChI=1S/C12H25N3O2/c1-9(5-6-12(2,3)4)15-11(17)8-14-10(16)7-13/h9H,5-8,13H2,1-4H3,(H,14,16)(H,15,17). The fraction of sp³-hybridized carbons (Fsp3) is 0.833. The Hall–Kier alpha value is -1.10. The van der Waals surface area contributed by atoms with Crippen LogP contribution in [0.2, 0.25) is 0 Å². The summed E-state index contributed by atoms with van der Waals surface area (Å²) in [4.78, 5) is 22.3. The summed E-state index contributed by atoms with van der Waals surface area (Å²) in [6.45, 7) is 8.38. The molecular weight excluding hydrogens is 218 g/mol. The number of carbonyl (C=O) groups excluding carboxylic acids is 2. The fourth-order valence-electron chi connectivity index (χ4n) is 1.30. The zero-order valence-corrected chi connectivity index (χ0v) is 11.3. The van der Waals surface area contributed by atoms with Crippen LogP contribution in [0.3, 0.4) is 0 Å². The molecule has 17 heavy (non-hydrogen) atoms. The molecule has 0 spiro atoms. The lowest BCUT2D eigenvalue weighted by molar-refractivity contribution is -0.125. The molecule has 0 bridgehead atoms. The molecule has 0 radical (unpaired) electrons. The second-order valence-electron chi connectivity index (χ2n) is 5.55. The van der Waals surface area contributed by atoms with Crippen molar-refractivity contribution >= 4 is 11.8 Å². The van der Waals surface area contributed by atoms with E-state index in [-0.39, 0.29) is 36.4 Å². The van der Waals surface area contributed by atoms with Crippen LogP contribution in [0.1, 0.15) is 40.5 Å². The quantitative estimate of drug-likeness (QED) is 0.631. The van der Waals surface area contributed by atoms with Gasteiger partial charge in [-0.3, -0.25) is 9.59 Å². The summed E-state index contributed by atoms with van der Waals surface area (Å²) in [5.41, 5.74) is 5.38. The van der Waals surface area contributed by atoms with Crippen LogP contribution >= 0.6 is 0 Å². The lowest BCUT2D eigenvalue weighted by Crippen LogP contribution is -2.42. The zero-order chi connectivity index (χ0) is 13.5. The van der Waals surface area contributed by atoms with Crippen LogP contribution in [-0.4, -0.2) is 30.9 Å². The first-order valence-electron chi connectivity index (χ1n) is 6.00. The minimum Gasteiger partial charge on any atom is -0.352 e. The van der Waals surface area contributed by atoms with E-state index in [4.69, 9.17) is 5.73 Å². The van der Waals surface area contributed by atoms with Gasteiger partial charge in [0.25, 0.3) is 0 Å². The number of carbonyl (C=O) groups is 2. The van der Waals surface area contributed by atoms with Gasteiger partial charge in [0, 0.05) is 6.04 Å². The van der Waals surface area contributed by atoms with E-state index in [0.29, 0.717) is 0 Å². The molecule has 0 rings (SSSR count). The highest BCUT2D eigenvalue weighted by molar-refractivity contribution is 5.85. The Morgan fingerprint density at radius 1 is 1.24 bits per heavy atom. The molecule has 1 unspecified atom stereocenters. The molecular formula is C12H25N3O2. The Balaban J connectivity index is 3.77. The average molecular weight is 243 g/mol. The van der Waals surface area contributed by atoms with E-state index in [1.807, 2.05) is 6.92 Å². The van der Waals surface area contributed by atoms with Gasteiger partial charge in [0.15, 0.2) is 0 Å². The van der Waals surface area contributed by atoms with Crippen molar-refractivity contribution in [3.05, 3.63) is 0 Å². The summed E-state index contributed by atoms with van der Waals surface area (Å²) in [5, 5.41) is 5.27. The molecule has 5 nitrogen and oxygen atoms in total. The minimum absolute atomic E-state index is 0.00408. The predicted octanol–water partition coefficient (Wildman–Crippen LogP) is 0.392. The van der Waals surface area contributed by atoms with E-state index >= 15 is 0 Å². The van der Waals surface area contributed by atoms with E-state index < -0.39 is 0 Å². The molecule has 2 amide bonds. The fourth-order valence-corrected chi connectivity index (χ4v) is 1.30. The molecule has 1 atom stereocenters. The molecule has 0 aromatic rings. The first-order valence-corrected chi connectivity index (χ1v) is 6.00. The minimum atomic E-state index is -0.317. The third-order valence-corrected chi connectivity index (χ3v) is 2.37. The van der Waals surface area contributed by atoms with Crippen LogP contribution in [0.25, 0.3) is 0 Å². The first kappa shape index (κ1) is 15.9. The van der Waals surface area contributed by atoms with Gasteiger partial charge in [-0.05, 0) is 25.2 Å². The Kier molecular flexibility index (Phi) is 6.80. The van der Waals surface area contributed by atoms with E-state index in [9.17, 15) is 9.59 Å². The molecule has 0 aliphatic rings. The molecule has 0 aliphatic heterocycles. The lowest BCUT2D eigenvalue weighted by Gasteiger charge is -2.21.